The van der Waals surface area contributed by atoms with Gasteiger partial charge in [0.2, 0.25) is 0 Å². The number of hydrogen-bond donors (Lipinski definition) is 2. The molecule has 0 saturated heterocycles. The molecule has 120 valence electrons. The van der Waals surface area contributed by atoms with Gasteiger partial charge in [0, 0.05) is 25.7 Å². The third kappa shape index (κ3) is 7.70. The third-order valence-electron chi connectivity index (χ3n) is 3.05. The molecular formula is C15H27N3O3. The maximum Gasteiger partial charge on any atom is 0.407 e. The maximum absolute atomic E-state index is 11.7. The van der Waals surface area contributed by atoms with Crippen molar-refractivity contribution in [2.75, 3.05) is 13.1 Å². The molecule has 1 atom stereocenters. The number of amides is 1. The average molecular weight is 297 g/mol. The van der Waals surface area contributed by atoms with E-state index in [4.69, 9.17) is 9.26 Å². The van der Waals surface area contributed by atoms with Crippen molar-refractivity contribution >= 4 is 6.09 Å². The van der Waals surface area contributed by atoms with Crippen LogP contribution in [0.4, 0.5) is 4.79 Å². The molecule has 0 bridgehead atoms. The zero-order valence-corrected chi connectivity index (χ0v) is 13.6. The summed E-state index contributed by atoms with van der Waals surface area (Å²) in [6, 6.07) is 1.83. The number of nitrogens with zero attached hydrogens (tertiary/aromatic N) is 1. The van der Waals surface area contributed by atoms with Crippen LogP contribution < -0.4 is 10.6 Å². The Bertz CT molecular complexity index is 410. The number of aromatic nitrogens is 1. The molecule has 2 N–H and O–H groups in total. The molecule has 1 aromatic rings. The molecule has 0 aliphatic rings. The minimum absolute atomic E-state index is 0.324. The molecule has 6 nitrogen and oxygen atoms in total. The quantitative estimate of drug-likeness (QED) is 0.809. The van der Waals surface area contributed by atoms with Crippen molar-refractivity contribution in [2.45, 2.75) is 46.8 Å². The van der Waals surface area contributed by atoms with Gasteiger partial charge in [0.05, 0.1) is 5.69 Å². The van der Waals surface area contributed by atoms with Crippen LogP contribution in [0.1, 0.15) is 40.3 Å². The fourth-order valence-corrected chi connectivity index (χ4v) is 1.79. The molecule has 0 radical (unpaired) electrons. The molecular weight excluding hydrogens is 270 g/mol. The van der Waals surface area contributed by atoms with Crippen molar-refractivity contribution < 1.29 is 14.1 Å². The summed E-state index contributed by atoms with van der Waals surface area (Å²) in [6.07, 6.45) is 1.19. The summed E-state index contributed by atoms with van der Waals surface area (Å²) in [4.78, 5) is 11.7. The molecule has 0 fully saturated rings. The number of rotatable bonds is 7. The first-order valence-electron chi connectivity index (χ1n) is 7.35. The first-order valence-corrected chi connectivity index (χ1v) is 7.35. The van der Waals surface area contributed by atoms with Crippen molar-refractivity contribution in [2.24, 2.45) is 11.8 Å². The van der Waals surface area contributed by atoms with Crippen LogP contribution in [0.3, 0.4) is 0 Å². The van der Waals surface area contributed by atoms with Crippen molar-refractivity contribution in [1.29, 1.82) is 0 Å². The van der Waals surface area contributed by atoms with Gasteiger partial charge in [0.1, 0.15) is 11.9 Å². The molecule has 1 amide bonds. The Hall–Kier alpha value is -1.56. The highest BCUT2D eigenvalue weighted by Gasteiger charge is 2.19. The highest BCUT2D eigenvalue weighted by atomic mass is 16.6. The van der Waals surface area contributed by atoms with Gasteiger partial charge in [-0.15, -0.1) is 0 Å². The van der Waals surface area contributed by atoms with Crippen LogP contribution >= 0.6 is 0 Å². The van der Waals surface area contributed by atoms with Crippen LogP contribution in [-0.2, 0) is 11.3 Å². The van der Waals surface area contributed by atoms with Crippen LogP contribution in [0.25, 0.3) is 0 Å². The van der Waals surface area contributed by atoms with E-state index in [2.05, 4.69) is 29.6 Å². The molecule has 1 aromatic heterocycles. The van der Waals surface area contributed by atoms with Crippen LogP contribution in [0.2, 0.25) is 0 Å². The van der Waals surface area contributed by atoms with E-state index in [0.29, 0.717) is 24.9 Å². The van der Waals surface area contributed by atoms with Crippen molar-refractivity contribution in [3.05, 3.63) is 18.0 Å². The molecule has 21 heavy (non-hydrogen) atoms. The van der Waals surface area contributed by atoms with Crippen molar-refractivity contribution in [1.82, 2.24) is 15.8 Å². The molecule has 0 aliphatic carbocycles. The van der Waals surface area contributed by atoms with Gasteiger partial charge in [0.15, 0.2) is 0 Å². The minimum atomic E-state index is -0.470. The average Bonchev–Trinajstić information content (AvgIpc) is 2.83. The van der Waals surface area contributed by atoms with E-state index in [0.717, 1.165) is 12.2 Å². The first kappa shape index (κ1) is 17.5. The van der Waals surface area contributed by atoms with Gasteiger partial charge in [-0.25, -0.2) is 4.79 Å². The largest absolute Gasteiger partial charge is 0.444 e. The fraction of sp³-hybridized carbons (Fsp3) is 0.733. The lowest BCUT2D eigenvalue weighted by Crippen LogP contribution is -2.39. The predicted molar refractivity (Wildman–Crippen MR) is 80.8 cm³/mol. The van der Waals surface area contributed by atoms with Gasteiger partial charge in [-0.1, -0.05) is 19.0 Å². The summed E-state index contributed by atoms with van der Waals surface area (Å²) >= 11 is 0. The smallest absolute Gasteiger partial charge is 0.407 e. The SMILES string of the molecule is CC(C)C(CNCc1ccon1)CNC(=O)OC(C)(C)C. The number of alkyl carbamates (subject to hydrolysis) is 1. The van der Waals surface area contributed by atoms with E-state index < -0.39 is 5.60 Å². The van der Waals surface area contributed by atoms with E-state index in [1.807, 2.05) is 26.8 Å². The number of carbonyl (C=O) groups is 1. The van der Waals surface area contributed by atoms with Crippen LogP contribution in [0, 0.1) is 11.8 Å². The van der Waals surface area contributed by atoms with Crippen molar-refractivity contribution in [3.63, 3.8) is 0 Å². The standard InChI is InChI=1S/C15H27N3O3/c1-11(2)12(8-16-10-13-6-7-20-18-13)9-17-14(19)21-15(3,4)5/h6-7,11-12,16H,8-10H2,1-5H3,(H,17,19). The summed E-state index contributed by atoms with van der Waals surface area (Å²) in [6.45, 7) is 11.9. The number of ether oxygens (including phenoxy) is 1. The highest BCUT2D eigenvalue weighted by Crippen LogP contribution is 2.10. The van der Waals surface area contributed by atoms with Crippen LogP contribution in [-0.4, -0.2) is 29.9 Å². The van der Waals surface area contributed by atoms with E-state index in [-0.39, 0.29) is 6.09 Å². The normalized spacial score (nSPS) is 13.2. The fourth-order valence-electron chi connectivity index (χ4n) is 1.79. The van der Waals surface area contributed by atoms with E-state index in [9.17, 15) is 4.79 Å². The van der Waals surface area contributed by atoms with Crippen LogP contribution in [0.5, 0.6) is 0 Å². The molecule has 1 rings (SSSR count). The molecule has 0 saturated carbocycles. The van der Waals surface area contributed by atoms with Gasteiger partial charge in [-0.3, -0.25) is 0 Å². The molecule has 0 aliphatic heterocycles. The maximum atomic E-state index is 11.7. The Kier molecular flexibility index (Phi) is 6.68. The number of carbonyl (C=O) groups excluding carboxylic acids is 1. The summed E-state index contributed by atoms with van der Waals surface area (Å²) in [5.41, 5.74) is 0.403. The van der Waals surface area contributed by atoms with Gasteiger partial charge in [-0.2, -0.15) is 0 Å². The molecule has 0 aromatic carbocycles. The summed E-state index contributed by atoms with van der Waals surface area (Å²) in [5, 5.41) is 10.0. The lowest BCUT2D eigenvalue weighted by atomic mass is 9.96. The summed E-state index contributed by atoms with van der Waals surface area (Å²) < 4.78 is 10.0. The topological polar surface area (TPSA) is 76.4 Å². The van der Waals surface area contributed by atoms with Gasteiger partial charge >= 0.3 is 6.09 Å². The summed E-state index contributed by atoms with van der Waals surface area (Å²) in [7, 11) is 0. The first-order chi connectivity index (χ1) is 9.78. The molecule has 1 unspecified atom stereocenters. The van der Waals surface area contributed by atoms with Crippen LogP contribution in [0.15, 0.2) is 16.9 Å². The lowest BCUT2D eigenvalue weighted by Gasteiger charge is -2.24. The Morgan fingerprint density at radius 1 is 1.38 bits per heavy atom. The van der Waals surface area contributed by atoms with E-state index in [1.54, 1.807) is 6.26 Å². The van der Waals surface area contributed by atoms with Gasteiger partial charge < -0.3 is 19.9 Å². The highest BCUT2D eigenvalue weighted by molar-refractivity contribution is 5.67. The lowest BCUT2D eigenvalue weighted by molar-refractivity contribution is 0.0515. The Labute approximate surface area is 126 Å². The van der Waals surface area contributed by atoms with Gasteiger partial charge in [0.25, 0.3) is 0 Å². The van der Waals surface area contributed by atoms with E-state index in [1.165, 1.54) is 0 Å². The second kappa shape index (κ2) is 8.02. The second-order valence-corrected chi connectivity index (χ2v) is 6.51. The molecule has 1 heterocycles. The zero-order valence-electron chi connectivity index (χ0n) is 13.6. The molecule has 0 spiro atoms. The predicted octanol–water partition coefficient (Wildman–Crippen LogP) is 2.56. The number of nitrogens with one attached hydrogen (secondary N) is 2. The zero-order chi connectivity index (χ0) is 15.9. The third-order valence-corrected chi connectivity index (χ3v) is 3.05. The monoisotopic (exact) mass is 297 g/mol. The molecule has 6 heteroatoms. The minimum Gasteiger partial charge on any atom is -0.444 e. The Balaban J connectivity index is 2.31. The number of hydrogen-bond acceptors (Lipinski definition) is 5. The Morgan fingerprint density at radius 3 is 2.62 bits per heavy atom. The van der Waals surface area contributed by atoms with E-state index >= 15 is 0 Å². The summed E-state index contributed by atoms with van der Waals surface area (Å²) in [5.74, 6) is 0.772. The van der Waals surface area contributed by atoms with Crippen molar-refractivity contribution in [3.8, 4) is 0 Å². The second-order valence-electron chi connectivity index (χ2n) is 6.51. The Morgan fingerprint density at radius 2 is 2.10 bits per heavy atom. The van der Waals surface area contributed by atoms with Gasteiger partial charge in [-0.05, 0) is 32.6 Å².